The Morgan fingerprint density at radius 3 is 2.19 bits per heavy atom. The fourth-order valence-corrected chi connectivity index (χ4v) is 3.66. The highest BCUT2D eigenvalue weighted by molar-refractivity contribution is 7.98. The number of carboxylic acids is 2. The van der Waals surface area contributed by atoms with E-state index < -0.39 is 60.2 Å². The van der Waals surface area contributed by atoms with E-state index in [0.29, 0.717) is 30.8 Å². The van der Waals surface area contributed by atoms with Crippen molar-refractivity contribution in [3.05, 3.63) is 18.2 Å². The summed E-state index contributed by atoms with van der Waals surface area (Å²) in [4.78, 5) is 67.8. The van der Waals surface area contributed by atoms with Gasteiger partial charge in [-0.2, -0.15) is 11.8 Å². The first-order chi connectivity index (χ1) is 17.1. The Balaban J connectivity index is 2.90. The quantitative estimate of drug-likeness (QED) is 0.0983. The number of thioether (sulfide) groups is 1. The normalized spacial score (nSPS) is 14.2. The average Bonchev–Trinajstić information content (AvgIpc) is 3.32. The van der Waals surface area contributed by atoms with Gasteiger partial charge in [-0.25, -0.2) is 9.78 Å². The Morgan fingerprint density at radius 2 is 1.64 bits per heavy atom. The number of nitrogens with one attached hydrogen (secondary N) is 4. The van der Waals surface area contributed by atoms with Crippen LogP contribution in [0.15, 0.2) is 12.5 Å². The van der Waals surface area contributed by atoms with Gasteiger partial charge in [0.05, 0.1) is 18.8 Å². The number of nitrogens with zero attached hydrogens (tertiary/aromatic N) is 1. The predicted molar refractivity (Wildman–Crippen MR) is 132 cm³/mol. The zero-order valence-electron chi connectivity index (χ0n) is 20.1. The molecule has 1 rings (SSSR count). The molecular weight excluding hydrogens is 494 g/mol. The minimum absolute atomic E-state index is 0.0899. The molecular formula is C21H35N7O7S. The summed E-state index contributed by atoms with van der Waals surface area (Å²) >= 11 is 1.42. The Morgan fingerprint density at radius 1 is 1.00 bits per heavy atom. The molecule has 36 heavy (non-hydrogen) atoms. The van der Waals surface area contributed by atoms with Crippen LogP contribution in [0.5, 0.6) is 0 Å². The molecule has 1 heterocycles. The maximum Gasteiger partial charge on any atom is 0.326 e. The summed E-state index contributed by atoms with van der Waals surface area (Å²) in [6.45, 7) is 0.354. The van der Waals surface area contributed by atoms with Gasteiger partial charge in [-0.15, -0.1) is 0 Å². The monoisotopic (exact) mass is 529 g/mol. The maximum absolute atomic E-state index is 13.0. The molecule has 3 amide bonds. The Bertz CT molecular complexity index is 869. The Hall–Kier alpha value is -3.17. The van der Waals surface area contributed by atoms with Crippen LogP contribution in [0, 0.1) is 0 Å². The fraction of sp³-hybridized carbons (Fsp3) is 0.619. The molecule has 0 saturated carbocycles. The lowest BCUT2D eigenvalue weighted by Gasteiger charge is -2.24. The molecule has 202 valence electrons. The molecule has 0 aliphatic carbocycles. The molecule has 10 N–H and O–H groups in total. The van der Waals surface area contributed by atoms with E-state index in [9.17, 15) is 34.2 Å². The standard InChI is InChI=1S/C21H35N7O7S/c1-36-7-5-14(26-18(31)13(23)8-12-10-24-11-25-12)19(32)28-16(9-17(29)30)20(33)27-15(21(34)35)4-2-3-6-22/h10-11,13-16H,2-9,22-23H2,1H3,(H,24,25)(H,26,31)(H,27,33)(H,28,32)(H,29,30)(H,34,35). The van der Waals surface area contributed by atoms with Crippen LogP contribution in [0.1, 0.15) is 37.8 Å². The minimum atomic E-state index is -1.56. The Labute approximate surface area is 212 Å². The van der Waals surface area contributed by atoms with Crippen molar-refractivity contribution in [2.24, 2.45) is 11.5 Å². The van der Waals surface area contributed by atoms with Crippen molar-refractivity contribution in [1.82, 2.24) is 25.9 Å². The molecule has 4 unspecified atom stereocenters. The van der Waals surface area contributed by atoms with Gasteiger partial charge in [-0.3, -0.25) is 19.2 Å². The largest absolute Gasteiger partial charge is 0.481 e. The van der Waals surface area contributed by atoms with Crippen LogP contribution in [0.25, 0.3) is 0 Å². The SMILES string of the molecule is CSCCC(NC(=O)C(N)Cc1cnc[nH]1)C(=O)NC(CC(=O)O)C(=O)NC(CCCCN)C(=O)O. The molecule has 0 aliphatic rings. The first-order valence-electron chi connectivity index (χ1n) is 11.4. The lowest BCUT2D eigenvalue weighted by Crippen LogP contribution is -2.57. The van der Waals surface area contributed by atoms with Gasteiger partial charge in [-0.1, -0.05) is 0 Å². The molecule has 14 nitrogen and oxygen atoms in total. The third-order valence-corrected chi connectivity index (χ3v) is 5.79. The van der Waals surface area contributed by atoms with E-state index in [-0.39, 0.29) is 19.3 Å². The summed E-state index contributed by atoms with van der Waals surface area (Å²) in [6.07, 6.45) is 5.39. The van der Waals surface area contributed by atoms with Gasteiger partial charge in [0, 0.05) is 18.3 Å². The number of imidazole rings is 1. The number of amides is 3. The number of unbranched alkanes of at least 4 members (excludes halogenated alkanes) is 1. The molecule has 0 spiro atoms. The number of aromatic amines is 1. The molecule has 0 radical (unpaired) electrons. The van der Waals surface area contributed by atoms with Gasteiger partial charge in [0.15, 0.2) is 0 Å². The second kappa shape index (κ2) is 16.5. The van der Waals surface area contributed by atoms with Gasteiger partial charge in [-0.05, 0) is 44.2 Å². The van der Waals surface area contributed by atoms with Crippen molar-refractivity contribution < 1.29 is 34.2 Å². The topological polar surface area (TPSA) is 243 Å². The number of rotatable bonds is 18. The van der Waals surface area contributed by atoms with E-state index in [1.807, 2.05) is 0 Å². The van der Waals surface area contributed by atoms with Crippen LogP contribution in [-0.2, 0) is 30.4 Å². The van der Waals surface area contributed by atoms with Gasteiger partial charge < -0.3 is 42.6 Å². The highest BCUT2D eigenvalue weighted by atomic mass is 32.2. The van der Waals surface area contributed by atoms with Crippen molar-refractivity contribution in [3.63, 3.8) is 0 Å². The number of nitrogens with two attached hydrogens (primary N) is 2. The average molecular weight is 530 g/mol. The minimum Gasteiger partial charge on any atom is -0.481 e. The first kappa shape index (κ1) is 30.9. The molecule has 0 fully saturated rings. The lowest BCUT2D eigenvalue weighted by molar-refractivity contribution is -0.143. The van der Waals surface area contributed by atoms with E-state index in [0.717, 1.165) is 0 Å². The lowest BCUT2D eigenvalue weighted by atomic mass is 10.1. The summed E-state index contributed by atoms with van der Waals surface area (Å²) in [6, 6.07) is -4.91. The van der Waals surface area contributed by atoms with Crippen LogP contribution in [0.3, 0.4) is 0 Å². The molecule has 0 bridgehead atoms. The van der Waals surface area contributed by atoms with Gasteiger partial charge in [0.2, 0.25) is 17.7 Å². The summed E-state index contributed by atoms with van der Waals surface area (Å²) in [7, 11) is 0. The molecule has 4 atom stereocenters. The van der Waals surface area contributed by atoms with Crippen LogP contribution < -0.4 is 27.4 Å². The fourth-order valence-electron chi connectivity index (χ4n) is 3.19. The summed E-state index contributed by atoms with van der Waals surface area (Å²) in [5.74, 6) is -4.56. The van der Waals surface area contributed by atoms with E-state index in [1.54, 1.807) is 6.26 Å². The predicted octanol–water partition coefficient (Wildman–Crippen LogP) is -1.82. The smallest absolute Gasteiger partial charge is 0.326 e. The van der Waals surface area contributed by atoms with Crippen molar-refractivity contribution >= 4 is 41.4 Å². The summed E-state index contributed by atoms with van der Waals surface area (Å²) < 4.78 is 0. The first-order valence-corrected chi connectivity index (χ1v) is 12.8. The number of H-pyrrole nitrogens is 1. The summed E-state index contributed by atoms with van der Waals surface area (Å²) in [5, 5.41) is 25.8. The zero-order chi connectivity index (χ0) is 27.1. The van der Waals surface area contributed by atoms with Gasteiger partial charge in [0.25, 0.3) is 0 Å². The van der Waals surface area contributed by atoms with Crippen molar-refractivity contribution in [2.75, 3.05) is 18.6 Å². The number of aliphatic carboxylic acids is 2. The molecule has 0 aromatic carbocycles. The van der Waals surface area contributed by atoms with E-state index in [1.165, 1.54) is 24.3 Å². The number of carbonyl (C=O) groups is 5. The Kier molecular flexibility index (Phi) is 14.1. The number of aromatic nitrogens is 2. The maximum atomic E-state index is 13.0. The number of carbonyl (C=O) groups excluding carboxylic acids is 3. The van der Waals surface area contributed by atoms with Crippen molar-refractivity contribution in [3.8, 4) is 0 Å². The molecule has 15 heteroatoms. The zero-order valence-corrected chi connectivity index (χ0v) is 20.9. The molecule has 0 saturated heterocycles. The third-order valence-electron chi connectivity index (χ3n) is 5.15. The van der Waals surface area contributed by atoms with Crippen molar-refractivity contribution in [1.29, 1.82) is 0 Å². The van der Waals surface area contributed by atoms with Crippen LogP contribution >= 0.6 is 11.8 Å². The van der Waals surface area contributed by atoms with Gasteiger partial charge >= 0.3 is 11.9 Å². The highest BCUT2D eigenvalue weighted by Gasteiger charge is 2.31. The number of hydrogen-bond donors (Lipinski definition) is 8. The second-order valence-corrected chi connectivity index (χ2v) is 9.06. The van der Waals surface area contributed by atoms with Crippen LogP contribution in [0.4, 0.5) is 0 Å². The van der Waals surface area contributed by atoms with Crippen LogP contribution in [-0.4, -0.2) is 92.6 Å². The van der Waals surface area contributed by atoms with E-state index >= 15 is 0 Å². The summed E-state index contributed by atoms with van der Waals surface area (Å²) in [5.41, 5.74) is 12.0. The molecule has 1 aromatic heterocycles. The van der Waals surface area contributed by atoms with Crippen LogP contribution in [0.2, 0.25) is 0 Å². The molecule has 0 aliphatic heterocycles. The van der Waals surface area contributed by atoms with E-state index in [4.69, 9.17) is 11.5 Å². The highest BCUT2D eigenvalue weighted by Crippen LogP contribution is 2.06. The van der Waals surface area contributed by atoms with Gasteiger partial charge in [0.1, 0.15) is 18.1 Å². The number of carboxylic acid groups (broad SMARTS) is 2. The second-order valence-electron chi connectivity index (χ2n) is 8.07. The van der Waals surface area contributed by atoms with E-state index in [2.05, 4.69) is 25.9 Å². The van der Waals surface area contributed by atoms with Crippen molar-refractivity contribution in [2.45, 2.75) is 62.7 Å². The molecule has 1 aromatic rings. The third kappa shape index (κ3) is 11.5. The number of hydrogen-bond acceptors (Lipinski definition) is 9.